The second-order valence-electron chi connectivity index (χ2n) is 3.79. The van der Waals surface area contributed by atoms with Crippen LogP contribution in [0.4, 0.5) is 5.69 Å². The standard InChI is InChI=1S/C11H16NO3S.2Na.O3S/c1-3-12(8-9-16(13,14)15)11-6-4-10(2)5-7-11;;;1-4(2)3/h4-7H,1,3,8-9H2,2H3,(H,13,14,15);;;/q-1;2*+1;/p-1. The van der Waals surface area contributed by atoms with Crippen LogP contribution in [-0.2, 0) is 20.7 Å². The summed E-state index contributed by atoms with van der Waals surface area (Å²) in [6.07, 6.45) is 0. The molecule has 1 rings (SSSR count). The number of aryl methyl sites for hydroxylation is 1. The van der Waals surface area contributed by atoms with Crippen LogP contribution in [0.3, 0.4) is 0 Å². The summed E-state index contributed by atoms with van der Waals surface area (Å²) in [6.45, 7) is 6.30. The van der Waals surface area contributed by atoms with Crippen molar-refractivity contribution < 1.29 is 84.7 Å². The molecule has 7 nitrogen and oxygen atoms in total. The number of hydrogen-bond acceptors (Lipinski definition) is 7. The van der Waals surface area contributed by atoms with Gasteiger partial charge >= 0.3 is 69.7 Å². The summed E-state index contributed by atoms with van der Waals surface area (Å²) >= 11 is 0. The summed E-state index contributed by atoms with van der Waals surface area (Å²) in [7, 11) is -7.28. The van der Waals surface area contributed by atoms with Gasteiger partial charge in [-0.3, -0.25) is 0 Å². The number of nitrogens with zero attached hydrogens (tertiary/aromatic N) is 1. The van der Waals surface area contributed by atoms with Gasteiger partial charge in [-0.05, 0) is 19.1 Å². The average Bonchev–Trinajstić information content (AvgIpc) is 2.30. The van der Waals surface area contributed by atoms with Crippen molar-refractivity contribution >= 4 is 26.4 Å². The summed E-state index contributed by atoms with van der Waals surface area (Å²) < 4.78 is 56.9. The molecule has 11 heteroatoms. The maximum Gasteiger partial charge on any atom is 1.00 e. The fourth-order valence-electron chi connectivity index (χ4n) is 1.35. The third kappa shape index (κ3) is 15.4. The molecule has 0 saturated heterocycles. The van der Waals surface area contributed by atoms with Gasteiger partial charge in [0.1, 0.15) is 0 Å². The van der Waals surface area contributed by atoms with Crippen molar-refractivity contribution in [2.75, 3.05) is 23.7 Å². The average molecular weight is 367 g/mol. The quantitative estimate of drug-likeness (QED) is 0.289. The molecule has 0 radical (unpaired) electrons. The van der Waals surface area contributed by atoms with Crippen LogP contribution in [0.2, 0.25) is 0 Å². The largest absolute Gasteiger partial charge is 1.00 e. The van der Waals surface area contributed by atoms with Crippen LogP contribution in [0.25, 0.3) is 0 Å². The Balaban J connectivity index is -0.000000538. The van der Waals surface area contributed by atoms with Gasteiger partial charge in [0.25, 0.3) is 0 Å². The first-order chi connectivity index (χ1) is 9.15. The smallest absolute Gasteiger partial charge is 0.748 e. The Labute approximate surface area is 176 Å². The first-order valence-electron chi connectivity index (χ1n) is 5.47. The Morgan fingerprint density at radius 3 is 1.86 bits per heavy atom. The number of hydrogen-bond donors (Lipinski definition) is 0. The van der Waals surface area contributed by atoms with Gasteiger partial charge in [0, 0.05) is 12.2 Å². The Morgan fingerprint density at radius 1 is 1.14 bits per heavy atom. The number of benzene rings is 1. The summed E-state index contributed by atoms with van der Waals surface area (Å²) in [5.41, 5.74) is 2.01. The van der Waals surface area contributed by atoms with E-state index >= 15 is 0 Å². The second-order valence-corrected chi connectivity index (χ2v) is 5.72. The molecule has 0 bridgehead atoms. The van der Waals surface area contributed by atoms with Crippen LogP contribution >= 0.6 is 0 Å². The van der Waals surface area contributed by atoms with Gasteiger partial charge in [0.15, 0.2) is 0 Å². The van der Waals surface area contributed by atoms with Gasteiger partial charge < -0.3 is 16.4 Å². The number of anilines is 1. The molecule has 0 aromatic heterocycles. The normalized spacial score (nSPS) is 9.41. The topological polar surface area (TPSA) is 112 Å². The van der Waals surface area contributed by atoms with E-state index in [-0.39, 0.29) is 65.7 Å². The molecule has 0 aliphatic carbocycles. The summed E-state index contributed by atoms with van der Waals surface area (Å²) in [4.78, 5) is 1.76. The molecule has 0 spiro atoms. The van der Waals surface area contributed by atoms with E-state index in [9.17, 15) is 13.0 Å². The Hall–Kier alpha value is 0.550. The van der Waals surface area contributed by atoms with Crippen LogP contribution < -0.4 is 64.0 Å². The van der Waals surface area contributed by atoms with Crippen molar-refractivity contribution in [1.82, 2.24) is 0 Å². The Bertz CT molecular complexity index is 609. The van der Waals surface area contributed by atoms with E-state index in [1.807, 2.05) is 31.2 Å². The molecular weight excluding hydrogens is 352 g/mol. The maximum atomic E-state index is 10.5. The fourth-order valence-corrected chi connectivity index (χ4v) is 1.79. The molecule has 1 aromatic rings. The van der Waals surface area contributed by atoms with Gasteiger partial charge in [-0.2, -0.15) is 0 Å². The third-order valence-electron chi connectivity index (χ3n) is 2.28. The van der Waals surface area contributed by atoms with Gasteiger partial charge in [0.05, 0.1) is 15.9 Å². The van der Waals surface area contributed by atoms with E-state index in [0.29, 0.717) is 6.54 Å². The molecule has 0 aliphatic heterocycles. The molecule has 0 amide bonds. The molecular formula is C11H15NNa2O6S2. The molecule has 0 fully saturated rings. The van der Waals surface area contributed by atoms with E-state index in [4.69, 9.17) is 12.6 Å². The zero-order valence-electron chi connectivity index (χ0n) is 12.9. The van der Waals surface area contributed by atoms with E-state index in [0.717, 1.165) is 11.3 Å². The van der Waals surface area contributed by atoms with E-state index < -0.39 is 26.5 Å². The van der Waals surface area contributed by atoms with Gasteiger partial charge in [-0.15, -0.1) is 19.2 Å². The molecule has 0 unspecified atom stereocenters. The molecule has 0 heterocycles. The summed E-state index contributed by atoms with van der Waals surface area (Å²) in [6, 6.07) is 7.64. The van der Waals surface area contributed by atoms with Gasteiger partial charge in [-0.1, -0.05) is 17.7 Å². The molecule has 0 atom stereocenters. The maximum absolute atomic E-state index is 10.5. The fraction of sp³-hybridized carbons (Fsp3) is 0.364. The van der Waals surface area contributed by atoms with E-state index in [1.54, 1.807) is 4.90 Å². The number of rotatable bonds is 5. The summed E-state index contributed by atoms with van der Waals surface area (Å²) in [5, 5.41) is 0. The van der Waals surface area contributed by atoms with Gasteiger partial charge in [0.2, 0.25) is 0 Å². The Kier molecular flexibility index (Phi) is 17.4. The predicted octanol–water partition coefficient (Wildman–Crippen LogP) is -5.82. The van der Waals surface area contributed by atoms with Crippen LogP contribution in [0, 0.1) is 13.8 Å². The first-order valence-corrected chi connectivity index (χ1v) is 8.04. The Morgan fingerprint density at radius 2 is 1.55 bits per heavy atom. The SMILES string of the molecule is O=S(=O)=O.[CH2-]CN(CCS(=O)(=O)[O-])c1ccc(C)cc1.[Na+].[Na+]. The van der Waals surface area contributed by atoms with E-state index in [1.165, 1.54) is 0 Å². The molecule has 22 heavy (non-hydrogen) atoms. The minimum Gasteiger partial charge on any atom is -0.748 e. The van der Waals surface area contributed by atoms with Crippen LogP contribution in [0.5, 0.6) is 0 Å². The van der Waals surface area contributed by atoms with E-state index in [2.05, 4.69) is 6.92 Å². The predicted molar refractivity (Wildman–Crippen MR) is 73.0 cm³/mol. The first kappa shape index (κ1) is 27.4. The van der Waals surface area contributed by atoms with Crippen molar-refractivity contribution in [3.63, 3.8) is 0 Å². The zero-order chi connectivity index (χ0) is 15.8. The summed E-state index contributed by atoms with van der Waals surface area (Å²) in [5.74, 6) is -0.392. The minimum atomic E-state index is -4.16. The third-order valence-corrected chi connectivity index (χ3v) is 2.96. The van der Waals surface area contributed by atoms with Crippen molar-refractivity contribution in [3.05, 3.63) is 36.8 Å². The zero-order valence-corrected chi connectivity index (χ0v) is 18.5. The molecule has 0 saturated carbocycles. The van der Waals surface area contributed by atoms with Crippen molar-refractivity contribution in [1.29, 1.82) is 0 Å². The second kappa shape index (κ2) is 13.9. The van der Waals surface area contributed by atoms with Crippen LogP contribution in [-0.4, -0.2) is 44.4 Å². The molecule has 1 aromatic carbocycles. The molecule has 114 valence electrons. The van der Waals surface area contributed by atoms with Crippen LogP contribution in [0.15, 0.2) is 24.3 Å². The molecule has 0 aliphatic rings. The van der Waals surface area contributed by atoms with Crippen molar-refractivity contribution in [3.8, 4) is 0 Å². The minimum absolute atomic E-state index is 0. The van der Waals surface area contributed by atoms with Gasteiger partial charge in [-0.25, -0.2) is 8.42 Å². The van der Waals surface area contributed by atoms with Crippen LogP contribution in [0.1, 0.15) is 5.56 Å². The van der Waals surface area contributed by atoms with Crippen molar-refractivity contribution in [2.45, 2.75) is 6.92 Å². The van der Waals surface area contributed by atoms with Crippen molar-refractivity contribution in [2.24, 2.45) is 0 Å². The monoisotopic (exact) mass is 367 g/mol. The molecule has 0 N–H and O–H groups in total.